The molecule has 0 atom stereocenters. The third-order valence-electron chi connectivity index (χ3n) is 2.35. The summed E-state index contributed by atoms with van der Waals surface area (Å²) in [6, 6.07) is 7.40. The van der Waals surface area contributed by atoms with Crippen LogP contribution in [0.5, 0.6) is 0 Å². The minimum Gasteiger partial charge on any atom is -0.377 e. The Balaban J connectivity index is 2.48. The van der Waals surface area contributed by atoms with Crippen molar-refractivity contribution in [1.29, 1.82) is 0 Å². The number of hydrogen-bond donors (Lipinski definition) is 2. The van der Waals surface area contributed by atoms with Crippen LogP contribution >= 0.6 is 22.6 Å². The van der Waals surface area contributed by atoms with Gasteiger partial charge >= 0.3 is 6.03 Å². The Morgan fingerprint density at radius 1 is 1.41 bits per heavy atom. The van der Waals surface area contributed by atoms with Gasteiger partial charge in [0.15, 0.2) is 0 Å². The summed E-state index contributed by atoms with van der Waals surface area (Å²) < 4.78 is 6.22. The number of methoxy groups -OCH3 is 1. The van der Waals surface area contributed by atoms with Crippen molar-refractivity contribution in [1.82, 2.24) is 5.32 Å². The van der Waals surface area contributed by atoms with Crippen LogP contribution < -0.4 is 10.6 Å². The van der Waals surface area contributed by atoms with E-state index in [2.05, 4.69) is 33.2 Å². The number of rotatable bonds is 4. The van der Waals surface area contributed by atoms with Crippen LogP contribution in [0.4, 0.5) is 10.5 Å². The van der Waals surface area contributed by atoms with Crippen molar-refractivity contribution in [3.05, 3.63) is 27.8 Å². The average Bonchev–Trinajstić information content (AvgIpc) is 2.30. The van der Waals surface area contributed by atoms with E-state index in [1.807, 2.05) is 38.1 Å². The first-order valence-electron chi connectivity index (χ1n) is 5.29. The molecule has 0 aromatic heterocycles. The highest BCUT2D eigenvalue weighted by atomic mass is 127. The summed E-state index contributed by atoms with van der Waals surface area (Å²) in [5.74, 6) is 0. The van der Waals surface area contributed by atoms with Gasteiger partial charge in [-0.05, 0) is 48.6 Å². The predicted molar refractivity (Wildman–Crippen MR) is 77.3 cm³/mol. The first-order chi connectivity index (χ1) is 7.94. The van der Waals surface area contributed by atoms with E-state index in [0.717, 1.165) is 9.26 Å². The minimum absolute atomic E-state index is 0.223. The third-order valence-corrected chi connectivity index (χ3v) is 3.29. The van der Waals surface area contributed by atoms with Crippen LogP contribution in [0.2, 0.25) is 0 Å². The standard InChI is InChI=1S/C12H17IN2O2/c1-12(2,17-3)8-14-11(16)15-10-7-5-4-6-9(10)13/h4-7H,8H2,1-3H3,(H2,14,15,16). The Kier molecular flexibility index (Phi) is 5.20. The number of anilines is 1. The van der Waals surface area contributed by atoms with Crippen molar-refractivity contribution < 1.29 is 9.53 Å². The van der Waals surface area contributed by atoms with Gasteiger partial charge in [-0.25, -0.2) is 4.79 Å². The molecule has 0 saturated carbocycles. The van der Waals surface area contributed by atoms with E-state index >= 15 is 0 Å². The molecular formula is C12H17IN2O2. The van der Waals surface area contributed by atoms with Crippen molar-refractivity contribution >= 4 is 34.3 Å². The van der Waals surface area contributed by atoms with Crippen molar-refractivity contribution in [3.63, 3.8) is 0 Å². The number of halogens is 1. The number of urea groups is 1. The van der Waals surface area contributed by atoms with Gasteiger partial charge in [-0.2, -0.15) is 0 Å². The van der Waals surface area contributed by atoms with Crippen LogP contribution in [0, 0.1) is 3.57 Å². The molecule has 2 N–H and O–H groups in total. The van der Waals surface area contributed by atoms with E-state index < -0.39 is 0 Å². The van der Waals surface area contributed by atoms with Gasteiger partial charge in [0.2, 0.25) is 0 Å². The first kappa shape index (κ1) is 14.2. The van der Waals surface area contributed by atoms with Gasteiger partial charge in [0, 0.05) is 17.2 Å². The second-order valence-electron chi connectivity index (χ2n) is 4.25. The van der Waals surface area contributed by atoms with Crippen LogP contribution in [0.3, 0.4) is 0 Å². The molecule has 4 nitrogen and oxygen atoms in total. The average molecular weight is 348 g/mol. The zero-order valence-electron chi connectivity index (χ0n) is 10.2. The first-order valence-corrected chi connectivity index (χ1v) is 6.37. The lowest BCUT2D eigenvalue weighted by atomic mass is 10.1. The second kappa shape index (κ2) is 6.20. The molecular weight excluding hydrogens is 331 g/mol. The van der Waals surface area contributed by atoms with Crippen molar-refractivity contribution in [2.45, 2.75) is 19.4 Å². The number of amides is 2. The number of para-hydroxylation sites is 1. The molecule has 1 aromatic rings. The molecule has 0 aliphatic rings. The van der Waals surface area contributed by atoms with E-state index in [1.165, 1.54) is 0 Å². The fraction of sp³-hybridized carbons (Fsp3) is 0.417. The van der Waals surface area contributed by atoms with Crippen molar-refractivity contribution in [2.75, 3.05) is 19.0 Å². The quantitative estimate of drug-likeness (QED) is 0.823. The van der Waals surface area contributed by atoms with E-state index in [-0.39, 0.29) is 11.6 Å². The molecule has 2 amide bonds. The molecule has 0 heterocycles. The Morgan fingerprint density at radius 3 is 2.65 bits per heavy atom. The fourth-order valence-electron chi connectivity index (χ4n) is 1.09. The summed E-state index contributed by atoms with van der Waals surface area (Å²) in [5, 5.41) is 5.56. The van der Waals surface area contributed by atoms with Gasteiger partial charge in [0.25, 0.3) is 0 Å². The molecule has 0 aliphatic carbocycles. The van der Waals surface area contributed by atoms with Gasteiger partial charge < -0.3 is 15.4 Å². The summed E-state index contributed by atoms with van der Waals surface area (Å²) >= 11 is 2.18. The second-order valence-corrected chi connectivity index (χ2v) is 5.41. The summed E-state index contributed by atoms with van der Waals surface area (Å²) in [4.78, 5) is 11.6. The highest BCUT2D eigenvalue weighted by Crippen LogP contribution is 2.16. The highest BCUT2D eigenvalue weighted by Gasteiger charge is 2.17. The molecule has 0 unspecified atom stereocenters. The monoisotopic (exact) mass is 348 g/mol. The Bertz CT molecular complexity index is 394. The number of carbonyl (C=O) groups is 1. The third kappa shape index (κ3) is 4.91. The van der Waals surface area contributed by atoms with E-state index in [0.29, 0.717) is 6.54 Å². The summed E-state index contributed by atoms with van der Waals surface area (Å²) in [5.41, 5.74) is 0.446. The van der Waals surface area contributed by atoms with Crippen LogP contribution in [-0.2, 0) is 4.74 Å². The van der Waals surface area contributed by atoms with E-state index in [9.17, 15) is 4.79 Å². The largest absolute Gasteiger partial charge is 0.377 e. The number of ether oxygens (including phenoxy) is 1. The van der Waals surface area contributed by atoms with Gasteiger partial charge in [0.05, 0.1) is 11.3 Å². The maximum absolute atomic E-state index is 11.6. The van der Waals surface area contributed by atoms with Crippen molar-refractivity contribution in [3.8, 4) is 0 Å². The molecule has 17 heavy (non-hydrogen) atoms. The SMILES string of the molecule is COC(C)(C)CNC(=O)Nc1ccccc1I. The molecule has 0 radical (unpaired) electrons. The summed E-state index contributed by atoms with van der Waals surface area (Å²) in [6.45, 7) is 4.29. The van der Waals surface area contributed by atoms with Gasteiger partial charge in [-0.3, -0.25) is 0 Å². The smallest absolute Gasteiger partial charge is 0.319 e. The fourth-order valence-corrected chi connectivity index (χ4v) is 1.62. The zero-order valence-corrected chi connectivity index (χ0v) is 12.4. The highest BCUT2D eigenvalue weighted by molar-refractivity contribution is 14.1. The van der Waals surface area contributed by atoms with Crippen molar-refractivity contribution in [2.24, 2.45) is 0 Å². The Morgan fingerprint density at radius 2 is 2.06 bits per heavy atom. The molecule has 0 saturated heterocycles. The lowest BCUT2D eigenvalue weighted by molar-refractivity contribution is 0.0257. The molecule has 5 heteroatoms. The topological polar surface area (TPSA) is 50.4 Å². The van der Waals surface area contributed by atoms with Crippen LogP contribution in [0.15, 0.2) is 24.3 Å². The van der Waals surface area contributed by atoms with E-state index in [4.69, 9.17) is 4.74 Å². The summed E-state index contributed by atoms with van der Waals surface area (Å²) in [7, 11) is 1.62. The number of carbonyl (C=O) groups excluding carboxylic acids is 1. The zero-order chi connectivity index (χ0) is 12.9. The Labute approximate surface area is 115 Å². The van der Waals surface area contributed by atoms with Gasteiger partial charge in [-0.1, -0.05) is 12.1 Å². The van der Waals surface area contributed by atoms with Crippen LogP contribution in [0.1, 0.15) is 13.8 Å². The molecule has 0 aliphatic heterocycles. The lowest BCUT2D eigenvalue weighted by Crippen LogP contribution is -2.41. The molecule has 94 valence electrons. The summed E-state index contributed by atoms with van der Waals surface area (Å²) in [6.07, 6.45) is 0. The molecule has 0 bridgehead atoms. The van der Waals surface area contributed by atoms with Gasteiger partial charge in [0.1, 0.15) is 0 Å². The molecule has 1 aromatic carbocycles. The molecule has 1 rings (SSSR count). The molecule has 0 fully saturated rings. The minimum atomic E-state index is -0.360. The number of hydrogen-bond acceptors (Lipinski definition) is 2. The van der Waals surface area contributed by atoms with Crippen LogP contribution in [0.25, 0.3) is 0 Å². The lowest BCUT2D eigenvalue weighted by Gasteiger charge is -2.23. The van der Waals surface area contributed by atoms with Crippen LogP contribution in [-0.4, -0.2) is 25.3 Å². The number of nitrogens with one attached hydrogen (secondary N) is 2. The van der Waals surface area contributed by atoms with E-state index in [1.54, 1.807) is 7.11 Å². The van der Waals surface area contributed by atoms with Gasteiger partial charge in [-0.15, -0.1) is 0 Å². The normalized spacial score (nSPS) is 11.1. The Hall–Kier alpha value is -0.820. The maximum atomic E-state index is 11.6. The number of benzene rings is 1. The predicted octanol–water partition coefficient (Wildman–Crippen LogP) is 2.84. The molecule has 0 spiro atoms. The maximum Gasteiger partial charge on any atom is 0.319 e.